The van der Waals surface area contributed by atoms with Crippen LogP contribution >= 0.6 is 0 Å². The number of aliphatic imine (C=N–C) groups is 1. The van der Waals surface area contributed by atoms with Gasteiger partial charge in [0.05, 0.1) is 29.4 Å². The minimum atomic E-state index is -0.459. The van der Waals surface area contributed by atoms with Crippen LogP contribution < -0.4 is 15.2 Å². The molecule has 0 aromatic heterocycles. The summed E-state index contributed by atoms with van der Waals surface area (Å²) >= 11 is 0. The number of anilines is 1. The lowest BCUT2D eigenvalue weighted by Crippen LogP contribution is -3.20. The fourth-order valence-corrected chi connectivity index (χ4v) is 3.56. The maximum absolute atomic E-state index is 12.9. The smallest absolute Gasteiger partial charge is 0.269 e. The molecule has 1 fully saturated rings. The van der Waals surface area contributed by atoms with Crippen molar-refractivity contribution in [1.82, 2.24) is 0 Å². The van der Waals surface area contributed by atoms with E-state index in [1.54, 1.807) is 23.2 Å². The van der Waals surface area contributed by atoms with Gasteiger partial charge in [-0.3, -0.25) is 19.9 Å². The van der Waals surface area contributed by atoms with Crippen LogP contribution in [0.1, 0.15) is 19.8 Å². The van der Waals surface area contributed by atoms with Crippen molar-refractivity contribution in [3.8, 4) is 0 Å². The van der Waals surface area contributed by atoms with Crippen LogP contribution in [0.15, 0.2) is 34.4 Å². The maximum atomic E-state index is 12.9. The first-order valence-corrected chi connectivity index (χ1v) is 9.91. The fourth-order valence-electron chi connectivity index (χ4n) is 3.56. The number of piperazine rings is 1. The Morgan fingerprint density at radius 3 is 2.71 bits per heavy atom. The summed E-state index contributed by atoms with van der Waals surface area (Å²) in [4.78, 5) is 29.3. The molecule has 9 heteroatoms. The van der Waals surface area contributed by atoms with Gasteiger partial charge in [-0.25, -0.2) is 0 Å². The van der Waals surface area contributed by atoms with E-state index in [0.717, 1.165) is 51.3 Å². The lowest BCUT2D eigenvalue weighted by molar-refractivity contribution is -0.945. The Morgan fingerprint density at radius 1 is 1.36 bits per heavy atom. The van der Waals surface area contributed by atoms with E-state index >= 15 is 0 Å². The number of nitro benzene ring substituents is 1. The van der Waals surface area contributed by atoms with Gasteiger partial charge in [0.15, 0.2) is 0 Å². The van der Waals surface area contributed by atoms with Gasteiger partial charge in [-0.05, 0) is 18.6 Å². The van der Waals surface area contributed by atoms with E-state index < -0.39 is 10.8 Å². The number of hydrazone groups is 1. The van der Waals surface area contributed by atoms with E-state index in [4.69, 9.17) is 0 Å². The topological polar surface area (TPSA) is 109 Å². The first kappa shape index (κ1) is 20.1. The third-order valence-corrected chi connectivity index (χ3v) is 5.13. The van der Waals surface area contributed by atoms with Crippen molar-refractivity contribution in [3.05, 3.63) is 34.4 Å². The Labute approximate surface area is 164 Å². The molecule has 1 saturated heterocycles. The Morgan fingerprint density at radius 2 is 2.07 bits per heavy atom. The van der Waals surface area contributed by atoms with E-state index in [1.165, 1.54) is 17.1 Å². The second-order valence-corrected chi connectivity index (χ2v) is 7.16. The van der Waals surface area contributed by atoms with E-state index in [-0.39, 0.29) is 11.6 Å². The predicted molar refractivity (Wildman–Crippen MR) is 107 cm³/mol. The number of carbonyl (C=O) groups is 1. The highest BCUT2D eigenvalue weighted by Crippen LogP contribution is 2.26. The number of nitro groups is 1. The molecule has 2 aliphatic heterocycles. The molecule has 0 bridgehead atoms. The second-order valence-electron chi connectivity index (χ2n) is 7.16. The number of nitrogens with zero attached hydrogens (tertiary/aromatic N) is 4. The summed E-state index contributed by atoms with van der Waals surface area (Å²) in [6, 6.07) is 5.88. The summed E-state index contributed by atoms with van der Waals surface area (Å²) in [5.74, 6) is -0.596. The predicted octanol–water partition coefficient (Wildman–Crippen LogP) is -0.754. The molecule has 2 heterocycles. The molecule has 0 aliphatic carbocycles. The van der Waals surface area contributed by atoms with Crippen molar-refractivity contribution in [3.63, 3.8) is 0 Å². The van der Waals surface area contributed by atoms with Gasteiger partial charge < -0.3 is 10.2 Å². The SMILES string of the molecule is CCCC1=NN(c2ccc([N+](=O)[O-])cc2)C(=O)[C@@H]1C=NCC[NH+]1CC[NH2+]CC1. The van der Waals surface area contributed by atoms with Gasteiger partial charge in [-0.2, -0.15) is 10.1 Å². The number of quaternary nitrogens is 2. The van der Waals surface area contributed by atoms with Gasteiger partial charge in [0.2, 0.25) is 0 Å². The van der Waals surface area contributed by atoms with Crippen LogP contribution in [0.3, 0.4) is 0 Å². The molecule has 2 aliphatic rings. The van der Waals surface area contributed by atoms with Gasteiger partial charge >= 0.3 is 0 Å². The van der Waals surface area contributed by atoms with Crippen molar-refractivity contribution in [2.75, 3.05) is 44.3 Å². The molecule has 150 valence electrons. The van der Waals surface area contributed by atoms with E-state index in [9.17, 15) is 14.9 Å². The zero-order chi connectivity index (χ0) is 19.9. The number of rotatable bonds is 8. The van der Waals surface area contributed by atoms with E-state index in [2.05, 4.69) is 15.4 Å². The number of nitrogens with two attached hydrogens (primary N) is 1. The van der Waals surface area contributed by atoms with Crippen LogP contribution in [0.25, 0.3) is 0 Å². The summed E-state index contributed by atoms with van der Waals surface area (Å²) in [5, 5.41) is 19.0. The molecule has 0 radical (unpaired) electrons. The van der Waals surface area contributed by atoms with Gasteiger partial charge in [0.1, 0.15) is 32.1 Å². The molecule has 1 aromatic rings. The Kier molecular flexibility index (Phi) is 6.83. The molecule has 9 nitrogen and oxygen atoms in total. The fraction of sp³-hybridized carbons (Fsp3) is 0.526. The van der Waals surface area contributed by atoms with E-state index in [1.807, 2.05) is 6.92 Å². The number of non-ortho nitro benzene ring substituents is 1. The van der Waals surface area contributed by atoms with Gasteiger partial charge in [-0.1, -0.05) is 13.3 Å². The zero-order valence-corrected chi connectivity index (χ0v) is 16.2. The molecule has 28 heavy (non-hydrogen) atoms. The van der Waals surface area contributed by atoms with E-state index in [0.29, 0.717) is 12.2 Å². The van der Waals surface area contributed by atoms with Crippen molar-refractivity contribution in [2.24, 2.45) is 16.0 Å². The number of hydrogen-bond donors (Lipinski definition) is 2. The number of nitrogens with one attached hydrogen (secondary N) is 1. The summed E-state index contributed by atoms with van der Waals surface area (Å²) in [7, 11) is 0. The highest BCUT2D eigenvalue weighted by molar-refractivity contribution is 6.24. The monoisotopic (exact) mass is 388 g/mol. The van der Waals surface area contributed by atoms with Crippen LogP contribution in [0, 0.1) is 16.0 Å². The second kappa shape index (κ2) is 9.52. The molecular formula is C19H28N6O3+2. The molecule has 3 rings (SSSR count). The number of benzene rings is 1. The third kappa shape index (κ3) is 4.79. The number of carbonyl (C=O) groups excluding carboxylic acids is 1. The van der Waals surface area contributed by atoms with Crippen LogP contribution in [0.5, 0.6) is 0 Å². The largest absolute Gasteiger partial charge is 0.337 e. The summed E-state index contributed by atoms with van der Waals surface area (Å²) < 4.78 is 0. The minimum Gasteiger partial charge on any atom is -0.337 e. The molecular weight excluding hydrogens is 360 g/mol. The first-order chi connectivity index (χ1) is 13.6. The standard InChI is InChI=1S/C19H26N6O3/c1-2-3-18-17(14-21-10-13-23-11-8-20-9-12-23)19(26)24(22-18)15-4-6-16(7-5-15)25(27)28/h4-7,14,17,20H,2-3,8-13H2,1H3/p+2/t17-/m1/s1. The Bertz CT molecular complexity index is 755. The molecule has 1 amide bonds. The first-order valence-electron chi connectivity index (χ1n) is 9.91. The molecule has 0 unspecified atom stereocenters. The quantitative estimate of drug-likeness (QED) is 0.347. The lowest BCUT2D eigenvalue weighted by Gasteiger charge is -2.21. The highest BCUT2D eigenvalue weighted by atomic mass is 16.6. The Balaban J connectivity index is 1.65. The molecule has 1 aromatic carbocycles. The molecule has 1 atom stereocenters. The van der Waals surface area contributed by atoms with Crippen molar-refractivity contribution in [2.45, 2.75) is 19.8 Å². The molecule has 0 saturated carbocycles. The average Bonchev–Trinajstić information content (AvgIpc) is 3.02. The van der Waals surface area contributed by atoms with Crippen LogP contribution in [-0.4, -0.2) is 62.0 Å². The summed E-state index contributed by atoms with van der Waals surface area (Å²) in [5.41, 5.74) is 1.33. The van der Waals surface area contributed by atoms with Crippen molar-refractivity contribution < 1.29 is 19.9 Å². The van der Waals surface area contributed by atoms with Crippen molar-refractivity contribution >= 4 is 29.2 Å². The summed E-state index contributed by atoms with van der Waals surface area (Å²) in [6.45, 7) is 8.39. The minimum absolute atomic E-state index is 0.0101. The lowest BCUT2D eigenvalue weighted by atomic mass is 10.0. The van der Waals surface area contributed by atoms with Crippen LogP contribution in [0.2, 0.25) is 0 Å². The van der Waals surface area contributed by atoms with Gasteiger partial charge in [0, 0.05) is 18.3 Å². The highest BCUT2D eigenvalue weighted by Gasteiger charge is 2.35. The van der Waals surface area contributed by atoms with Crippen molar-refractivity contribution in [1.29, 1.82) is 0 Å². The molecule has 3 N–H and O–H groups in total. The van der Waals surface area contributed by atoms with Gasteiger partial charge in [0.25, 0.3) is 11.6 Å². The molecule has 0 spiro atoms. The van der Waals surface area contributed by atoms with Crippen LogP contribution in [0.4, 0.5) is 11.4 Å². The third-order valence-electron chi connectivity index (χ3n) is 5.13. The number of hydrogen-bond acceptors (Lipinski definition) is 5. The normalized spacial score (nSPS) is 20.8. The summed E-state index contributed by atoms with van der Waals surface area (Å²) in [6.07, 6.45) is 3.34. The number of amides is 1. The Hall–Kier alpha value is -2.65. The average molecular weight is 388 g/mol. The van der Waals surface area contributed by atoms with Crippen LogP contribution in [-0.2, 0) is 4.79 Å². The van der Waals surface area contributed by atoms with Gasteiger partial charge in [-0.15, -0.1) is 0 Å². The zero-order valence-electron chi connectivity index (χ0n) is 16.2. The maximum Gasteiger partial charge on any atom is 0.269 e.